The van der Waals surface area contributed by atoms with Crippen LogP contribution in [-0.4, -0.2) is 44.2 Å². The molecule has 5 nitrogen and oxygen atoms in total. The van der Waals surface area contributed by atoms with Gasteiger partial charge in [-0.1, -0.05) is 0 Å². The summed E-state index contributed by atoms with van der Waals surface area (Å²) in [5.74, 6) is 1.66. The zero-order valence-electron chi connectivity index (χ0n) is 12.6. The van der Waals surface area contributed by atoms with Crippen molar-refractivity contribution in [2.45, 2.75) is 31.8 Å². The van der Waals surface area contributed by atoms with Crippen LogP contribution in [0.25, 0.3) is 0 Å². The Morgan fingerprint density at radius 1 is 1.24 bits per heavy atom. The van der Waals surface area contributed by atoms with Gasteiger partial charge in [0.2, 0.25) is 5.91 Å². The van der Waals surface area contributed by atoms with E-state index in [2.05, 4.69) is 5.32 Å². The molecule has 0 saturated heterocycles. The molecular weight excluding hydrogens is 268 g/mol. The van der Waals surface area contributed by atoms with Gasteiger partial charge in [0.25, 0.3) is 0 Å². The van der Waals surface area contributed by atoms with Crippen LogP contribution in [0.1, 0.15) is 24.0 Å². The van der Waals surface area contributed by atoms with Gasteiger partial charge >= 0.3 is 0 Å². The Labute approximate surface area is 125 Å². The molecule has 2 aliphatic rings. The van der Waals surface area contributed by atoms with Crippen LogP contribution >= 0.6 is 0 Å². The lowest BCUT2D eigenvalue weighted by Crippen LogP contribution is -2.41. The fourth-order valence-corrected chi connectivity index (χ4v) is 2.73. The first-order chi connectivity index (χ1) is 10.2. The lowest BCUT2D eigenvalue weighted by molar-refractivity contribution is -0.131. The van der Waals surface area contributed by atoms with Crippen LogP contribution in [0, 0.1) is 0 Å². The first-order valence-electron chi connectivity index (χ1n) is 7.46. The molecule has 0 atom stereocenters. The molecule has 0 unspecified atom stereocenters. The smallest absolute Gasteiger partial charge is 0.236 e. The fraction of sp³-hybridized carbons (Fsp3) is 0.562. The highest BCUT2D eigenvalue weighted by Crippen LogP contribution is 2.33. The molecule has 1 heterocycles. The number of carbonyl (C=O) groups is 1. The van der Waals surface area contributed by atoms with Gasteiger partial charge in [0, 0.05) is 19.1 Å². The van der Waals surface area contributed by atoms with Gasteiger partial charge in [0.05, 0.1) is 20.8 Å². The van der Waals surface area contributed by atoms with Crippen LogP contribution in [0.2, 0.25) is 0 Å². The molecule has 21 heavy (non-hydrogen) atoms. The van der Waals surface area contributed by atoms with E-state index in [1.165, 1.54) is 18.4 Å². The number of methoxy groups -OCH3 is 2. The maximum Gasteiger partial charge on any atom is 0.236 e. The minimum atomic E-state index is 0.183. The molecule has 5 heteroatoms. The third-order valence-corrected chi connectivity index (χ3v) is 4.19. The maximum absolute atomic E-state index is 12.2. The number of amides is 1. The molecule has 3 rings (SSSR count). The third-order valence-electron chi connectivity index (χ3n) is 4.19. The number of nitrogens with zero attached hydrogens (tertiary/aromatic N) is 1. The summed E-state index contributed by atoms with van der Waals surface area (Å²) in [5, 5.41) is 3.28. The van der Waals surface area contributed by atoms with E-state index in [-0.39, 0.29) is 5.91 Å². The largest absolute Gasteiger partial charge is 0.493 e. The van der Waals surface area contributed by atoms with Crippen LogP contribution in [0.15, 0.2) is 12.1 Å². The van der Waals surface area contributed by atoms with E-state index in [1.54, 1.807) is 14.2 Å². The normalized spacial score (nSPS) is 17.3. The number of fused-ring (bicyclic) bond motifs is 1. The van der Waals surface area contributed by atoms with Crippen molar-refractivity contribution in [3.05, 3.63) is 23.3 Å². The minimum Gasteiger partial charge on any atom is -0.493 e. The van der Waals surface area contributed by atoms with Crippen molar-refractivity contribution in [3.63, 3.8) is 0 Å². The summed E-state index contributed by atoms with van der Waals surface area (Å²) in [5.41, 5.74) is 2.39. The molecular formula is C16H22N2O3. The van der Waals surface area contributed by atoms with Gasteiger partial charge < -0.3 is 19.7 Å². The van der Waals surface area contributed by atoms with E-state index in [0.29, 0.717) is 19.1 Å². The second-order valence-electron chi connectivity index (χ2n) is 5.70. The van der Waals surface area contributed by atoms with Crippen LogP contribution in [0.4, 0.5) is 0 Å². The molecule has 1 amide bonds. The fourth-order valence-electron chi connectivity index (χ4n) is 2.73. The number of hydrogen-bond donors (Lipinski definition) is 1. The summed E-state index contributed by atoms with van der Waals surface area (Å²) in [7, 11) is 3.28. The highest BCUT2D eigenvalue weighted by molar-refractivity contribution is 5.78. The Kier molecular flexibility index (Phi) is 4.01. The van der Waals surface area contributed by atoms with E-state index in [1.807, 2.05) is 17.0 Å². The van der Waals surface area contributed by atoms with Crippen molar-refractivity contribution in [1.82, 2.24) is 10.2 Å². The molecule has 0 aromatic heterocycles. The zero-order chi connectivity index (χ0) is 14.8. The Balaban J connectivity index is 1.70. The van der Waals surface area contributed by atoms with Crippen molar-refractivity contribution >= 4 is 5.91 Å². The average molecular weight is 290 g/mol. The van der Waals surface area contributed by atoms with E-state index in [0.717, 1.165) is 30.0 Å². The van der Waals surface area contributed by atoms with Gasteiger partial charge in [-0.3, -0.25) is 4.79 Å². The second kappa shape index (κ2) is 5.93. The number of benzene rings is 1. The molecule has 0 spiro atoms. The lowest BCUT2D eigenvalue weighted by Gasteiger charge is -2.29. The third kappa shape index (κ3) is 3.13. The van der Waals surface area contributed by atoms with Gasteiger partial charge in [-0.15, -0.1) is 0 Å². The Morgan fingerprint density at radius 2 is 1.90 bits per heavy atom. The molecule has 0 bridgehead atoms. The van der Waals surface area contributed by atoms with Gasteiger partial charge in [-0.25, -0.2) is 0 Å². The predicted molar refractivity (Wildman–Crippen MR) is 79.7 cm³/mol. The Hall–Kier alpha value is -1.75. The van der Waals surface area contributed by atoms with E-state index < -0.39 is 0 Å². The van der Waals surface area contributed by atoms with Crippen molar-refractivity contribution in [2.24, 2.45) is 0 Å². The van der Waals surface area contributed by atoms with Gasteiger partial charge in [-0.05, 0) is 42.5 Å². The molecule has 1 fully saturated rings. The second-order valence-corrected chi connectivity index (χ2v) is 5.70. The van der Waals surface area contributed by atoms with E-state index >= 15 is 0 Å². The van der Waals surface area contributed by atoms with Gasteiger partial charge in [0.15, 0.2) is 11.5 Å². The Bertz CT molecular complexity index is 541. The van der Waals surface area contributed by atoms with Crippen LogP contribution in [0.5, 0.6) is 11.5 Å². The van der Waals surface area contributed by atoms with E-state index in [4.69, 9.17) is 9.47 Å². The Morgan fingerprint density at radius 3 is 2.52 bits per heavy atom. The summed E-state index contributed by atoms with van der Waals surface area (Å²) in [4.78, 5) is 14.1. The zero-order valence-corrected chi connectivity index (χ0v) is 12.6. The highest BCUT2D eigenvalue weighted by atomic mass is 16.5. The van der Waals surface area contributed by atoms with Crippen LogP contribution < -0.4 is 14.8 Å². The maximum atomic E-state index is 12.2. The van der Waals surface area contributed by atoms with Crippen molar-refractivity contribution in [1.29, 1.82) is 0 Å². The highest BCUT2D eigenvalue weighted by Gasteiger charge is 2.25. The van der Waals surface area contributed by atoms with Crippen molar-refractivity contribution in [2.75, 3.05) is 27.3 Å². The molecule has 1 saturated carbocycles. The van der Waals surface area contributed by atoms with Crippen LogP contribution in [-0.2, 0) is 17.8 Å². The number of rotatable bonds is 5. The first-order valence-corrected chi connectivity index (χ1v) is 7.46. The topological polar surface area (TPSA) is 50.8 Å². The molecule has 1 aromatic rings. The molecule has 1 aromatic carbocycles. The van der Waals surface area contributed by atoms with Crippen molar-refractivity contribution in [3.8, 4) is 11.5 Å². The molecule has 1 aliphatic heterocycles. The first kappa shape index (κ1) is 14.2. The molecule has 114 valence electrons. The van der Waals surface area contributed by atoms with Gasteiger partial charge in [-0.2, -0.15) is 0 Å². The van der Waals surface area contributed by atoms with Gasteiger partial charge in [0.1, 0.15) is 0 Å². The molecule has 1 aliphatic carbocycles. The number of nitrogens with one attached hydrogen (secondary N) is 1. The summed E-state index contributed by atoms with van der Waals surface area (Å²) in [6.45, 7) is 1.88. The number of carbonyl (C=O) groups excluding carboxylic acids is 1. The summed E-state index contributed by atoms with van der Waals surface area (Å²) in [6.07, 6.45) is 3.27. The lowest BCUT2D eigenvalue weighted by atomic mass is 9.98. The summed E-state index contributed by atoms with van der Waals surface area (Å²) >= 11 is 0. The SMILES string of the molecule is COc1cc2c(cc1OC)CN(C(=O)CNC1CC1)CC2. The van der Waals surface area contributed by atoms with E-state index in [9.17, 15) is 4.79 Å². The predicted octanol–water partition coefficient (Wildman–Crippen LogP) is 1.34. The summed E-state index contributed by atoms with van der Waals surface area (Å²) < 4.78 is 10.7. The van der Waals surface area contributed by atoms with Crippen molar-refractivity contribution < 1.29 is 14.3 Å². The van der Waals surface area contributed by atoms with Crippen LogP contribution in [0.3, 0.4) is 0 Å². The summed E-state index contributed by atoms with van der Waals surface area (Å²) in [6, 6.07) is 4.58. The quantitative estimate of drug-likeness (QED) is 0.889. The molecule has 0 radical (unpaired) electrons. The number of ether oxygens (including phenoxy) is 2. The standard InChI is InChI=1S/C16H22N2O3/c1-20-14-7-11-5-6-18(10-12(11)8-15(14)21-2)16(19)9-17-13-3-4-13/h7-8,13,17H,3-6,9-10H2,1-2H3. The number of hydrogen-bond acceptors (Lipinski definition) is 4. The monoisotopic (exact) mass is 290 g/mol. The molecule has 1 N–H and O–H groups in total. The average Bonchev–Trinajstić information content (AvgIpc) is 3.34. The minimum absolute atomic E-state index is 0.183.